The minimum atomic E-state index is -3.52. The van der Waals surface area contributed by atoms with Gasteiger partial charge >= 0.3 is 0 Å². The predicted octanol–water partition coefficient (Wildman–Crippen LogP) is 2.84. The van der Waals surface area contributed by atoms with Gasteiger partial charge < -0.3 is 4.57 Å². The first kappa shape index (κ1) is 17.0. The summed E-state index contributed by atoms with van der Waals surface area (Å²) in [5.41, 5.74) is 0.0493. The average Bonchev–Trinajstić information content (AvgIpc) is 2.88. The van der Waals surface area contributed by atoms with Gasteiger partial charge in [0.25, 0.3) is 10.0 Å². The number of nitrogens with one attached hydrogen (secondary N) is 1. The van der Waals surface area contributed by atoms with E-state index in [2.05, 4.69) is 25.6 Å². The smallest absolute Gasteiger partial charge is 0.259 e. The molecule has 1 aliphatic carbocycles. The van der Waals surface area contributed by atoms with E-state index in [0.29, 0.717) is 6.54 Å². The number of halogens is 1. The van der Waals surface area contributed by atoms with Gasteiger partial charge in [-0.25, -0.2) is 18.1 Å². The fourth-order valence-corrected chi connectivity index (χ4v) is 4.83. The van der Waals surface area contributed by atoms with Gasteiger partial charge in [0.1, 0.15) is 5.82 Å². The van der Waals surface area contributed by atoms with Crippen LogP contribution >= 0.6 is 15.9 Å². The molecule has 0 aliphatic heterocycles. The highest BCUT2D eigenvalue weighted by atomic mass is 79.9. The van der Waals surface area contributed by atoms with Gasteiger partial charge in [0.05, 0.1) is 0 Å². The lowest BCUT2D eigenvalue weighted by Gasteiger charge is -2.35. The number of sulfonamides is 1. The molecule has 1 aliphatic rings. The second-order valence-corrected chi connectivity index (χ2v) is 8.21. The molecule has 120 valence electrons. The average molecular weight is 378 g/mol. The Morgan fingerprint density at radius 1 is 1.38 bits per heavy atom. The summed E-state index contributed by atoms with van der Waals surface area (Å²) in [6.45, 7) is 5.00. The van der Waals surface area contributed by atoms with Crippen LogP contribution in [0, 0.1) is 12.3 Å². The predicted molar refractivity (Wildman–Crippen MR) is 87.1 cm³/mol. The van der Waals surface area contributed by atoms with Crippen LogP contribution < -0.4 is 4.72 Å². The monoisotopic (exact) mass is 377 g/mol. The van der Waals surface area contributed by atoms with Crippen molar-refractivity contribution in [2.45, 2.75) is 57.5 Å². The molecule has 0 spiro atoms. The highest BCUT2D eigenvalue weighted by Crippen LogP contribution is 2.37. The van der Waals surface area contributed by atoms with E-state index in [1.54, 1.807) is 6.20 Å². The van der Waals surface area contributed by atoms with Crippen LogP contribution in [0.4, 0.5) is 0 Å². The molecule has 1 fully saturated rings. The minimum absolute atomic E-state index is 0.0493. The topological polar surface area (TPSA) is 64.0 Å². The van der Waals surface area contributed by atoms with Crippen molar-refractivity contribution in [1.82, 2.24) is 14.3 Å². The molecular weight excluding hydrogens is 354 g/mol. The maximum absolute atomic E-state index is 12.4. The molecule has 7 heteroatoms. The Kier molecular flexibility index (Phi) is 5.48. The summed E-state index contributed by atoms with van der Waals surface area (Å²) >= 11 is 3.56. The summed E-state index contributed by atoms with van der Waals surface area (Å²) in [5, 5.41) is 0.965. The number of hydrogen-bond acceptors (Lipinski definition) is 3. The molecule has 21 heavy (non-hydrogen) atoms. The van der Waals surface area contributed by atoms with Crippen molar-refractivity contribution in [3.8, 4) is 0 Å². The van der Waals surface area contributed by atoms with Crippen LogP contribution in [0.1, 0.15) is 44.9 Å². The van der Waals surface area contributed by atoms with Gasteiger partial charge in [0.15, 0.2) is 5.03 Å². The SMILES string of the molecule is CCn1cc(S(=O)(=O)NCC2(CBr)CCCCC2)nc1C. The van der Waals surface area contributed by atoms with E-state index >= 15 is 0 Å². The zero-order valence-electron chi connectivity index (χ0n) is 12.7. The summed E-state index contributed by atoms with van der Waals surface area (Å²) in [7, 11) is -3.52. The Balaban J connectivity index is 2.09. The molecule has 0 atom stereocenters. The van der Waals surface area contributed by atoms with Crippen molar-refractivity contribution >= 4 is 26.0 Å². The van der Waals surface area contributed by atoms with Crippen molar-refractivity contribution < 1.29 is 8.42 Å². The molecule has 1 N–H and O–H groups in total. The van der Waals surface area contributed by atoms with Crippen LogP contribution in [0.25, 0.3) is 0 Å². The van der Waals surface area contributed by atoms with Gasteiger partial charge in [-0.15, -0.1) is 0 Å². The molecule has 1 aromatic heterocycles. The van der Waals surface area contributed by atoms with E-state index in [4.69, 9.17) is 0 Å². The largest absolute Gasteiger partial charge is 0.334 e. The third-order valence-electron chi connectivity index (χ3n) is 4.40. The standard InChI is InChI=1S/C14H24BrN3O2S/c1-3-18-9-13(17-12(18)2)21(19,20)16-11-14(10-15)7-5-4-6-8-14/h9,16H,3-8,10-11H2,1-2H3. The van der Waals surface area contributed by atoms with Gasteiger partial charge in [-0.1, -0.05) is 35.2 Å². The van der Waals surface area contributed by atoms with Crippen molar-refractivity contribution in [2.24, 2.45) is 5.41 Å². The zero-order valence-corrected chi connectivity index (χ0v) is 15.1. The molecule has 0 unspecified atom stereocenters. The van der Waals surface area contributed by atoms with Crippen LogP contribution in [0.3, 0.4) is 0 Å². The van der Waals surface area contributed by atoms with E-state index in [1.165, 1.54) is 19.3 Å². The molecule has 1 aromatic rings. The van der Waals surface area contributed by atoms with Gasteiger partial charge in [-0.05, 0) is 32.1 Å². The van der Waals surface area contributed by atoms with Gasteiger partial charge in [-0.3, -0.25) is 0 Å². The van der Waals surface area contributed by atoms with E-state index in [1.807, 2.05) is 18.4 Å². The fourth-order valence-electron chi connectivity index (χ4n) is 2.91. The molecule has 1 heterocycles. The highest BCUT2D eigenvalue weighted by molar-refractivity contribution is 9.09. The Morgan fingerprint density at radius 2 is 2.05 bits per heavy atom. The van der Waals surface area contributed by atoms with Crippen LogP contribution in [-0.4, -0.2) is 29.8 Å². The Bertz CT molecular complexity index is 577. The van der Waals surface area contributed by atoms with Gasteiger partial charge in [-0.2, -0.15) is 0 Å². The van der Waals surface area contributed by atoms with Crippen LogP contribution in [0.2, 0.25) is 0 Å². The quantitative estimate of drug-likeness (QED) is 0.775. The molecule has 0 bridgehead atoms. The second-order valence-electron chi connectivity index (χ2n) is 5.93. The summed E-state index contributed by atoms with van der Waals surface area (Å²) in [5.74, 6) is 0.728. The van der Waals surface area contributed by atoms with Crippen molar-refractivity contribution in [3.05, 3.63) is 12.0 Å². The number of hydrogen-bond donors (Lipinski definition) is 1. The van der Waals surface area contributed by atoms with E-state index in [0.717, 1.165) is 30.5 Å². The molecule has 0 radical (unpaired) electrons. The van der Waals surface area contributed by atoms with Gasteiger partial charge in [0, 0.05) is 24.6 Å². The number of aromatic nitrogens is 2. The van der Waals surface area contributed by atoms with Crippen LogP contribution in [0.15, 0.2) is 11.2 Å². The van der Waals surface area contributed by atoms with E-state index in [9.17, 15) is 8.42 Å². The number of alkyl halides is 1. The van der Waals surface area contributed by atoms with E-state index < -0.39 is 10.0 Å². The molecule has 1 saturated carbocycles. The maximum Gasteiger partial charge on any atom is 0.259 e. The third kappa shape index (κ3) is 3.87. The van der Waals surface area contributed by atoms with Crippen molar-refractivity contribution in [3.63, 3.8) is 0 Å². The molecule has 0 amide bonds. The first-order chi connectivity index (χ1) is 9.92. The van der Waals surface area contributed by atoms with Crippen molar-refractivity contribution in [2.75, 3.05) is 11.9 Å². The number of rotatable bonds is 6. The number of imidazole rings is 1. The lowest BCUT2D eigenvalue weighted by atomic mass is 9.76. The normalized spacial score (nSPS) is 18.8. The Labute approximate surface area is 135 Å². The summed E-state index contributed by atoms with van der Waals surface area (Å²) in [6, 6.07) is 0. The lowest BCUT2D eigenvalue weighted by Crippen LogP contribution is -2.40. The zero-order chi connectivity index (χ0) is 15.5. The fraction of sp³-hybridized carbons (Fsp3) is 0.786. The van der Waals surface area contributed by atoms with Crippen LogP contribution in [0.5, 0.6) is 0 Å². The molecule has 0 saturated heterocycles. The molecule has 5 nitrogen and oxygen atoms in total. The van der Waals surface area contributed by atoms with E-state index in [-0.39, 0.29) is 10.4 Å². The maximum atomic E-state index is 12.4. The Morgan fingerprint density at radius 3 is 2.57 bits per heavy atom. The first-order valence-corrected chi connectivity index (χ1v) is 10.1. The summed E-state index contributed by atoms with van der Waals surface area (Å²) < 4.78 is 29.4. The number of nitrogens with zero attached hydrogens (tertiary/aromatic N) is 2. The molecule has 0 aromatic carbocycles. The molecule has 2 rings (SSSR count). The number of aryl methyl sites for hydroxylation is 2. The highest BCUT2D eigenvalue weighted by Gasteiger charge is 2.33. The summed E-state index contributed by atoms with van der Waals surface area (Å²) in [4.78, 5) is 4.17. The van der Waals surface area contributed by atoms with Crippen LogP contribution in [-0.2, 0) is 16.6 Å². The Hall–Kier alpha value is -0.400. The minimum Gasteiger partial charge on any atom is -0.334 e. The van der Waals surface area contributed by atoms with Crippen molar-refractivity contribution in [1.29, 1.82) is 0 Å². The summed E-state index contributed by atoms with van der Waals surface area (Å²) in [6.07, 6.45) is 7.36. The first-order valence-electron chi connectivity index (χ1n) is 7.52. The third-order valence-corrected chi connectivity index (χ3v) is 6.87. The second kappa shape index (κ2) is 6.79. The molecular formula is C14H24BrN3O2S. The van der Waals surface area contributed by atoms with Gasteiger partial charge in [0.2, 0.25) is 0 Å². The lowest BCUT2D eigenvalue weighted by molar-refractivity contribution is 0.227.